The van der Waals surface area contributed by atoms with E-state index in [0.717, 1.165) is 0 Å². The lowest BCUT2D eigenvalue weighted by molar-refractivity contribution is -0.162. The second kappa shape index (κ2) is 17.1. The minimum atomic E-state index is -1.37. The van der Waals surface area contributed by atoms with Crippen molar-refractivity contribution < 1.29 is 43.2 Å². The van der Waals surface area contributed by atoms with Crippen LogP contribution in [0.25, 0.3) is 0 Å². The zero-order chi connectivity index (χ0) is 31.2. The van der Waals surface area contributed by atoms with Gasteiger partial charge in [0.2, 0.25) is 0 Å². The molecule has 41 heavy (non-hydrogen) atoms. The molecule has 0 aliphatic rings. The number of rotatable bonds is 16. The molecule has 0 heterocycles. The van der Waals surface area contributed by atoms with Gasteiger partial charge in [0.25, 0.3) is 23.6 Å². The van der Waals surface area contributed by atoms with Crippen molar-refractivity contribution in [2.24, 2.45) is 11.8 Å². The smallest absolute Gasteiger partial charge is 0.309 e. The standard InChI is InChI=1S/C28H42N4O9/c1-17(2)15-29-26(37)21(11-12-33)40-31-24(35)19-9-8-10-20(13-19)25(36)32-41-22(27(38)30-16-18(3)4)14-23(34)39-28(5,6)7/h8-10,12-13,17-18,21-22H,11,14-16H2,1-7H3,(H,29,37)(H,30,38)(H,31,35)(H,32,36)/t21-,22-/m1/s1. The van der Waals surface area contributed by atoms with Crippen LogP contribution < -0.4 is 21.6 Å². The molecule has 0 aliphatic heterocycles. The van der Waals surface area contributed by atoms with E-state index in [1.165, 1.54) is 24.3 Å². The van der Waals surface area contributed by atoms with Crippen LogP contribution in [0.4, 0.5) is 0 Å². The Labute approximate surface area is 240 Å². The molecule has 0 unspecified atom stereocenters. The predicted molar refractivity (Wildman–Crippen MR) is 148 cm³/mol. The zero-order valence-electron chi connectivity index (χ0n) is 24.7. The lowest BCUT2D eigenvalue weighted by Gasteiger charge is -2.22. The summed E-state index contributed by atoms with van der Waals surface area (Å²) in [6, 6.07) is 5.45. The summed E-state index contributed by atoms with van der Waals surface area (Å²) in [6.45, 7) is 13.3. The van der Waals surface area contributed by atoms with Crippen molar-refractivity contribution in [1.29, 1.82) is 0 Å². The van der Waals surface area contributed by atoms with Gasteiger partial charge in [-0.1, -0.05) is 33.8 Å². The Morgan fingerprint density at radius 1 is 0.805 bits per heavy atom. The van der Waals surface area contributed by atoms with E-state index in [9.17, 15) is 28.8 Å². The molecule has 0 fully saturated rings. The second-order valence-corrected chi connectivity index (χ2v) is 11.1. The molecule has 13 heteroatoms. The molecule has 4 amide bonds. The SMILES string of the molecule is CC(C)CNC(=O)[C@@H](CC=O)ONC(=O)c1cccc(C(=O)NO[C@H](CC(=O)OC(C)(C)C)C(=O)NCC(C)C)c1. The number of hydroxylamine groups is 2. The topological polar surface area (TPSA) is 178 Å². The van der Waals surface area contributed by atoms with E-state index < -0.39 is 53.8 Å². The van der Waals surface area contributed by atoms with Crippen molar-refractivity contribution in [1.82, 2.24) is 21.6 Å². The van der Waals surface area contributed by atoms with Crippen molar-refractivity contribution in [2.45, 2.75) is 79.1 Å². The number of carbonyl (C=O) groups is 6. The Morgan fingerprint density at radius 3 is 1.71 bits per heavy atom. The first-order valence-electron chi connectivity index (χ1n) is 13.4. The Balaban J connectivity index is 2.87. The van der Waals surface area contributed by atoms with Gasteiger partial charge in [0.05, 0.1) is 6.42 Å². The van der Waals surface area contributed by atoms with E-state index in [2.05, 4.69) is 21.6 Å². The second-order valence-electron chi connectivity index (χ2n) is 11.1. The maximum Gasteiger partial charge on any atom is 0.309 e. The summed E-state index contributed by atoms with van der Waals surface area (Å²) in [6.07, 6.45) is -2.84. The number of carbonyl (C=O) groups excluding carboxylic acids is 6. The van der Waals surface area contributed by atoms with Gasteiger partial charge in [0.1, 0.15) is 11.9 Å². The van der Waals surface area contributed by atoms with Crippen molar-refractivity contribution in [3.63, 3.8) is 0 Å². The molecule has 0 bridgehead atoms. The number of amides is 4. The number of nitrogens with one attached hydrogen (secondary N) is 4. The minimum absolute atomic E-state index is 0.00428. The third-order valence-corrected chi connectivity index (χ3v) is 5.01. The molecule has 1 aromatic rings. The van der Waals surface area contributed by atoms with Crippen LogP contribution in [0.3, 0.4) is 0 Å². The van der Waals surface area contributed by atoms with Gasteiger partial charge in [-0.25, -0.2) is 11.0 Å². The fourth-order valence-electron chi connectivity index (χ4n) is 3.02. The monoisotopic (exact) mass is 578 g/mol. The van der Waals surface area contributed by atoms with Crippen LogP contribution in [-0.2, 0) is 33.6 Å². The van der Waals surface area contributed by atoms with Gasteiger partial charge in [-0.05, 0) is 50.8 Å². The van der Waals surface area contributed by atoms with Gasteiger partial charge >= 0.3 is 5.97 Å². The quantitative estimate of drug-likeness (QED) is 0.129. The molecule has 0 spiro atoms. The summed E-state index contributed by atoms with van der Waals surface area (Å²) in [5, 5.41) is 5.27. The molecule has 1 rings (SSSR count). The Morgan fingerprint density at radius 2 is 1.27 bits per heavy atom. The fraction of sp³-hybridized carbons (Fsp3) is 0.571. The maximum atomic E-state index is 12.8. The number of esters is 1. The van der Waals surface area contributed by atoms with Crippen LogP contribution in [-0.4, -0.2) is 66.8 Å². The summed E-state index contributed by atoms with van der Waals surface area (Å²) in [4.78, 5) is 83.9. The minimum Gasteiger partial charge on any atom is -0.460 e. The molecule has 0 aliphatic carbocycles. The predicted octanol–water partition coefficient (Wildman–Crippen LogP) is 1.61. The molecular formula is C28H42N4O9. The van der Waals surface area contributed by atoms with Crippen LogP contribution in [0.15, 0.2) is 24.3 Å². The van der Waals surface area contributed by atoms with Crippen LogP contribution >= 0.6 is 0 Å². The third kappa shape index (κ3) is 14.4. The molecule has 228 valence electrons. The largest absolute Gasteiger partial charge is 0.460 e. The lowest BCUT2D eigenvalue weighted by Crippen LogP contribution is -2.44. The van der Waals surface area contributed by atoms with Crippen molar-refractivity contribution in [3.05, 3.63) is 35.4 Å². The highest BCUT2D eigenvalue weighted by Crippen LogP contribution is 2.12. The molecule has 0 saturated heterocycles. The number of aldehydes is 1. The average molecular weight is 579 g/mol. The highest BCUT2D eigenvalue weighted by atomic mass is 16.7. The highest BCUT2D eigenvalue weighted by Gasteiger charge is 2.28. The van der Waals surface area contributed by atoms with Crippen LogP contribution in [0, 0.1) is 11.8 Å². The van der Waals surface area contributed by atoms with E-state index in [1.807, 2.05) is 27.7 Å². The Kier molecular flexibility index (Phi) is 14.7. The lowest BCUT2D eigenvalue weighted by atomic mass is 10.1. The highest BCUT2D eigenvalue weighted by molar-refractivity contribution is 5.99. The molecule has 0 radical (unpaired) electrons. The summed E-state index contributed by atoms with van der Waals surface area (Å²) in [5.74, 6) is -3.13. The number of hydrogen-bond donors (Lipinski definition) is 4. The number of benzene rings is 1. The zero-order valence-corrected chi connectivity index (χ0v) is 24.7. The average Bonchev–Trinajstić information content (AvgIpc) is 2.89. The molecule has 1 aromatic carbocycles. The van der Waals surface area contributed by atoms with Crippen LogP contribution in [0.1, 0.15) is 82.0 Å². The maximum absolute atomic E-state index is 12.8. The number of hydrogen-bond acceptors (Lipinski definition) is 9. The summed E-state index contributed by atoms with van der Waals surface area (Å²) in [7, 11) is 0. The summed E-state index contributed by atoms with van der Waals surface area (Å²) >= 11 is 0. The third-order valence-electron chi connectivity index (χ3n) is 5.01. The van der Waals surface area contributed by atoms with E-state index in [4.69, 9.17) is 14.4 Å². The molecule has 4 N–H and O–H groups in total. The molecule has 0 aromatic heterocycles. The van der Waals surface area contributed by atoms with Crippen molar-refractivity contribution in [3.8, 4) is 0 Å². The van der Waals surface area contributed by atoms with E-state index in [1.54, 1.807) is 20.8 Å². The van der Waals surface area contributed by atoms with Gasteiger partial charge in [0.15, 0.2) is 12.2 Å². The van der Waals surface area contributed by atoms with Gasteiger partial charge in [-0.15, -0.1) is 0 Å². The molecule has 13 nitrogen and oxygen atoms in total. The first-order valence-corrected chi connectivity index (χ1v) is 13.4. The number of ether oxygens (including phenoxy) is 1. The summed E-state index contributed by atoms with van der Waals surface area (Å²) < 4.78 is 5.26. The first-order chi connectivity index (χ1) is 19.1. The molecule has 0 saturated carbocycles. The van der Waals surface area contributed by atoms with E-state index in [-0.39, 0.29) is 29.4 Å². The van der Waals surface area contributed by atoms with E-state index >= 15 is 0 Å². The van der Waals surface area contributed by atoms with Gasteiger partial charge in [0, 0.05) is 30.6 Å². The Hall–Kier alpha value is -3.84. The molecule has 2 atom stereocenters. The summed E-state index contributed by atoms with van der Waals surface area (Å²) in [5.41, 5.74) is 3.48. The van der Waals surface area contributed by atoms with Gasteiger partial charge in [-0.2, -0.15) is 0 Å². The normalized spacial score (nSPS) is 12.7. The van der Waals surface area contributed by atoms with Gasteiger partial charge < -0.3 is 20.2 Å². The van der Waals surface area contributed by atoms with Crippen LogP contribution in [0.5, 0.6) is 0 Å². The fourth-order valence-corrected chi connectivity index (χ4v) is 3.02. The van der Waals surface area contributed by atoms with Crippen molar-refractivity contribution >= 4 is 35.9 Å². The van der Waals surface area contributed by atoms with Crippen molar-refractivity contribution in [2.75, 3.05) is 13.1 Å². The Bertz CT molecular complexity index is 1070. The molecular weight excluding hydrogens is 536 g/mol. The van der Waals surface area contributed by atoms with Gasteiger partial charge in [-0.3, -0.25) is 33.6 Å². The van der Waals surface area contributed by atoms with Crippen LogP contribution in [0.2, 0.25) is 0 Å². The van der Waals surface area contributed by atoms with E-state index in [0.29, 0.717) is 19.4 Å². The first kappa shape index (κ1) is 35.2.